The van der Waals surface area contributed by atoms with Crippen molar-refractivity contribution in [1.29, 1.82) is 0 Å². The van der Waals surface area contributed by atoms with Gasteiger partial charge in [0, 0.05) is 18.7 Å². The summed E-state index contributed by atoms with van der Waals surface area (Å²) >= 11 is 0. The molecule has 0 spiro atoms. The van der Waals surface area contributed by atoms with Crippen molar-refractivity contribution in [3.05, 3.63) is 65.4 Å². The number of imide groups is 1. The van der Waals surface area contributed by atoms with Crippen molar-refractivity contribution in [1.82, 2.24) is 10.2 Å². The molecule has 142 valence electrons. The molecule has 4 rings (SSSR count). The molecule has 2 saturated heterocycles. The summed E-state index contributed by atoms with van der Waals surface area (Å²) in [5.74, 6) is -0.472. The molecule has 4 amide bonds. The maximum atomic E-state index is 12.8. The van der Waals surface area contributed by atoms with Crippen molar-refractivity contribution in [2.75, 3.05) is 18.0 Å². The van der Waals surface area contributed by atoms with E-state index in [-0.39, 0.29) is 17.4 Å². The van der Waals surface area contributed by atoms with Gasteiger partial charge in [-0.1, -0.05) is 18.2 Å². The summed E-state index contributed by atoms with van der Waals surface area (Å²) in [6.07, 6.45) is 3.52. The van der Waals surface area contributed by atoms with Crippen LogP contribution < -0.4 is 10.2 Å². The lowest BCUT2D eigenvalue weighted by molar-refractivity contribution is -0.113. The van der Waals surface area contributed by atoms with E-state index in [9.17, 15) is 19.5 Å². The number of nitrogens with zero attached hydrogens (tertiary/aromatic N) is 2. The molecule has 2 N–H and O–H groups in total. The normalized spacial score (nSPS) is 18.1. The fourth-order valence-corrected chi connectivity index (χ4v) is 3.39. The van der Waals surface area contributed by atoms with E-state index in [1.54, 1.807) is 47.4 Å². The van der Waals surface area contributed by atoms with Gasteiger partial charge in [-0.25, -0.2) is 9.69 Å². The first kappa shape index (κ1) is 17.8. The average Bonchev–Trinajstić information content (AvgIpc) is 3.32. The molecule has 2 aromatic rings. The number of carbonyl (C=O) groups is 3. The summed E-state index contributed by atoms with van der Waals surface area (Å²) in [5.41, 5.74) is 1.60. The number of amides is 4. The minimum Gasteiger partial charge on any atom is -0.508 e. The molecule has 7 heteroatoms. The van der Waals surface area contributed by atoms with Crippen molar-refractivity contribution >= 4 is 29.6 Å². The summed E-state index contributed by atoms with van der Waals surface area (Å²) in [7, 11) is 0. The maximum Gasteiger partial charge on any atom is 0.333 e. The second-order valence-corrected chi connectivity index (χ2v) is 6.77. The van der Waals surface area contributed by atoms with Gasteiger partial charge in [-0.15, -0.1) is 0 Å². The minimum atomic E-state index is -0.569. The molecule has 0 aliphatic carbocycles. The van der Waals surface area contributed by atoms with Gasteiger partial charge in [0.05, 0.1) is 5.69 Å². The summed E-state index contributed by atoms with van der Waals surface area (Å²) in [6, 6.07) is 12.3. The Bertz CT molecular complexity index is 975. The number of urea groups is 1. The third-order valence-electron chi connectivity index (χ3n) is 4.83. The molecule has 7 nitrogen and oxygen atoms in total. The molecule has 0 aromatic heterocycles. The second kappa shape index (κ2) is 7.19. The summed E-state index contributed by atoms with van der Waals surface area (Å²) in [5, 5.41) is 11.9. The molecular weight excluding hydrogens is 358 g/mol. The number of hydrogen-bond acceptors (Lipinski definition) is 4. The number of phenols is 1. The second-order valence-electron chi connectivity index (χ2n) is 6.77. The lowest BCUT2D eigenvalue weighted by Crippen LogP contribution is -2.31. The Morgan fingerprint density at radius 3 is 2.46 bits per heavy atom. The van der Waals surface area contributed by atoms with E-state index in [0.29, 0.717) is 16.8 Å². The van der Waals surface area contributed by atoms with Crippen LogP contribution in [0.5, 0.6) is 5.75 Å². The predicted octanol–water partition coefficient (Wildman–Crippen LogP) is 2.73. The minimum absolute atomic E-state index is 0.0914. The first-order valence-corrected chi connectivity index (χ1v) is 9.08. The molecule has 0 saturated carbocycles. The van der Waals surface area contributed by atoms with Crippen LogP contribution in [0.25, 0.3) is 6.08 Å². The Morgan fingerprint density at radius 1 is 1.04 bits per heavy atom. The number of rotatable bonds is 3. The Hall–Kier alpha value is -3.61. The summed E-state index contributed by atoms with van der Waals surface area (Å²) in [4.78, 5) is 40.5. The Labute approximate surface area is 161 Å². The van der Waals surface area contributed by atoms with E-state index >= 15 is 0 Å². The Balaban J connectivity index is 1.60. The topological polar surface area (TPSA) is 90.0 Å². The first-order chi connectivity index (χ1) is 13.5. The fraction of sp³-hybridized carbons (Fsp3) is 0.190. The van der Waals surface area contributed by atoms with Crippen LogP contribution in [0.4, 0.5) is 10.5 Å². The Kier molecular flexibility index (Phi) is 4.57. The van der Waals surface area contributed by atoms with E-state index in [1.807, 2.05) is 0 Å². The van der Waals surface area contributed by atoms with Gasteiger partial charge in [0.15, 0.2) is 0 Å². The number of anilines is 1. The number of likely N-dealkylation sites (tertiary alicyclic amines) is 1. The van der Waals surface area contributed by atoms with Gasteiger partial charge in [0.25, 0.3) is 11.8 Å². The molecule has 0 bridgehead atoms. The highest BCUT2D eigenvalue weighted by atomic mass is 16.3. The number of nitrogens with one attached hydrogen (secondary N) is 1. The highest BCUT2D eigenvalue weighted by molar-refractivity contribution is 6.28. The van der Waals surface area contributed by atoms with Crippen LogP contribution in [0.2, 0.25) is 0 Å². The molecule has 2 fully saturated rings. The predicted molar refractivity (Wildman–Crippen MR) is 104 cm³/mol. The molecule has 0 atom stereocenters. The van der Waals surface area contributed by atoms with Gasteiger partial charge < -0.3 is 15.3 Å². The van der Waals surface area contributed by atoms with Crippen LogP contribution in [0.15, 0.2) is 54.2 Å². The number of hydrogen-bond donors (Lipinski definition) is 2. The third-order valence-corrected chi connectivity index (χ3v) is 4.83. The van der Waals surface area contributed by atoms with Gasteiger partial charge in [-0.05, 0) is 54.8 Å². The lowest BCUT2D eigenvalue weighted by Gasteiger charge is -2.17. The van der Waals surface area contributed by atoms with Crippen LogP contribution in [0, 0.1) is 0 Å². The standard InChI is InChI=1S/C21H19N3O4/c25-17-8-6-14(7-9-17)12-18-20(27)24(21(28)22-18)16-5-3-4-15(13-16)19(26)23-10-1-2-11-23/h3-9,12-13,25H,1-2,10-11H2,(H,22,28)/b18-12-. The molecular formula is C21H19N3O4. The molecule has 0 radical (unpaired) electrons. The van der Waals surface area contributed by atoms with Crippen LogP contribution >= 0.6 is 0 Å². The lowest BCUT2D eigenvalue weighted by atomic mass is 10.1. The van der Waals surface area contributed by atoms with E-state index in [0.717, 1.165) is 30.8 Å². The summed E-state index contributed by atoms with van der Waals surface area (Å²) in [6.45, 7) is 1.46. The molecule has 2 heterocycles. The van der Waals surface area contributed by atoms with E-state index < -0.39 is 11.9 Å². The zero-order valence-electron chi connectivity index (χ0n) is 15.1. The number of carbonyl (C=O) groups excluding carboxylic acids is 3. The summed E-state index contributed by atoms with van der Waals surface area (Å²) < 4.78 is 0. The highest BCUT2D eigenvalue weighted by Crippen LogP contribution is 2.25. The van der Waals surface area contributed by atoms with E-state index in [1.165, 1.54) is 12.1 Å². The maximum absolute atomic E-state index is 12.8. The largest absolute Gasteiger partial charge is 0.508 e. The van der Waals surface area contributed by atoms with Gasteiger partial charge in [-0.3, -0.25) is 9.59 Å². The van der Waals surface area contributed by atoms with E-state index in [4.69, 9.17) is 0 Å². The van der Waals surface area contributed by atoms with Gasteiger partial charge in [0.2, 0.25) is 0 Å². The van der Waals surface area contributed by atoms with Crippen molar-refractivity contribution in [2.24, 2.45) is 0 Å². The van der Waals surface area contributed by atoms with Crippen molar-refractivity contribution in [3.63, 3.8) is 0 Å². The Morgan fingerprint density at radius 2 is 1.75 bits per heavy atom. The van der Waals surface area contributed by atoms with Gasteiger partial charge >= 0.3 is 6.03 Å². The van der Waals surface area contributed by atoms with Gasteiger partial charge in [-0.2, -0.15) is 0 Å². The van der Waals surface area contributed by atoms with E-state index in [2.05, 4.69) is 5.32 Å². The monoisotopic (exact) mass is 377 g/mol. The molecule has 2 aliphatic heterocycles. The quantitative estimate of drug-likeness (QED) is 0.636. The van der Waals surface area contributed by atoms with Crippen molar-refractivity contribution in [3.8, 4) is 5.75 Å². The van der Waals surface area contributed by atoms with Crippen LogP contribution in [0.1, 0.15) is 28.8 Å². The molecule has 2 aliphatic rings. The zero-order chi connectivity index (χ0) is 19.7. The molecule has 2 aromatic carbocycles. The fourth-order valence-electron chi connectivity index (χ4n) is 3.39. The van der Waals surface area contributed by atoms with Crippen LogP contribution in [-0.4, -0.2) is 40.9 Å². The molecule has 28 heavy (non-hydrogen) atoms. The number of benzene rings is 2. The first-order valence-electron chi connectivity index (χ1n) is 9.08. The number of aromatic hydroxyl groups is 1. The van der Waals surface area contributed by atoms with Crippen LogP contribution in [-0.2, 0) is 4.79 Å². The van der Waals surface area contributed by atoms with Crippen molar-refractivity contribution in [2.45, 2.75) is 12.8 Å². The smallest absolute Gasteiger partial charge is 0.333 e. The number of phenolic OH excluding ortho intramolecular Hbond substituents is 1. The highest BCUT2D eigenvalue weighted by Gasteiger charge is 2.35. The van der Waals surface area contributed by atoms with Crippen LogP contribution in [0.3, 0.4) is 0 Å². The third kappa shape index (κ3) is 3.34. The zero-order valence-corrected chi connectivity index (χ0v) is 15.1. The van der Waals surface area contributed by atoms with Gasteiger partial charge in [0.1, 0.15) is 11.4 Å². The van der Waals surface area contributed by atoms with Crippen molar-refractivity contribution < 1.29 is 19.5 Å². The average molecular weight is 377 g/mol. The molecule has 0 unspecified atom stereocenters. The SMILES string of the molecule is O=C(c1cccc(N2C(=O)N/C(=C\c3ccc(O)cc3)C2=O)c1)N1CCCC1.